The molecule has 0 aliphatic carbocycles. The second-order valence-corrected chi connectivity index (χ2v) is 6.96. The Hall–Kier alpha value is -1.40. The van der Waals surface area contributed by atoms with Crippen LogP contribution in [0.4, 0.5) is 18.0 Å². The van der Waals surface area contributed by atoms with Crippen molar-refractivity contribution in [3.63, 3.8) is 0 Å². The van der Waals surface area contributed by atoms with E-state index in [1.165, 1.54) is 6.07 Å². The zero-order valence-corrected chi connectivity index (χ0v) is 19.6. The van der Waals surface area contributed by atoms with Crippen LogP contribution in [0, 0.1) is 0 Å². The maximum absolute atomic E-state index is 12.8. The molecule has 0 bridgehead atoms. The van der Waals surface area contributed by atoms with Gasteiger partial charge in [-0.15, -0.1) is 0 Å². The van der Waals surface area contributed by atoms with Crippen molar-refractivity contribution in [3.8, 4) is 0 Å². The number of aryl methyl sites for hydroxylation is 1. The Balaban J connectivity index is 0.00000420. The first-order valence-corrected chi connectivity index (χ1v) is 8.32. The molecule has 2 N–H and O–H groups in total. The van der Waals surface area contributed by atoms with E-state index in [4.69, 9.17) is 0 Å². The Bertz CT molecular complexity index is 868. The van der Waals surface area contributed by atoms with Crippen LogP contribution in [-0.4, -0.2) is 28.3 Å². The number of carboxylic acids is 1. The summed E-state index contributed by atoms with van der Waals surface area (Å²) >= 11 is 0. The molecule has 7 nitrogen and oxygen atoms in total. The van der Waals surface area contributed by atoms with Gasteiger partial charge in [-0.3, -0.25) is 4.68 Å². The van der Waals surface area contributed by atoms with Crippen molar-refractivity contribution in [1.82, 2.24) is 20.4 Å². The largest absolute Gasteiger partial charge is 1.00 e. The molecule has 0 radical (unpaired) electrons. The third-order valence-electron chi connectivity index (χ3n) is 4.16. The van der Waals surface area contributed by atoms with Crippen molar-refractivity contribution in [2.24, 2.45) is 7.05 Å². The van der Waals surface area contributed by atoms with Gasteiger partial charge in [0.2, 0.25) is 0 Å². The number of alkyl halides is 3. The average molecular weight is 436 g/mol. The molecule has 1 aromatic carbocycles. The Morgan fingerprint density at radius 2 is 1.90 bits per heavy atom. The molecule has 2 amide bonds. The predicted molar refractivity (Wildman–Crippen MR) is 92.0 cm³/mol. The quantitative estimate of drug-likeness (QED) is 0.539. The van der Waals surface area contributed by atoms with Crippen molar-refractivity contribution >= 4 is 12.0 Å². The zero-order chi connectivity index (χ0) is 21.1. The summed E-state index contributed by atoms with van der Waals surface area (Å²) in [5.41, 5.74) is -1.10. The molecule has 2 rings (SSSR count). The van der Waals surface area contributed by atoms with Gasteiger partial charge in [-0.05, 0) is 23.8 Å². The number of carbonyl (C=O) groups is 2. The van der Waals surface area contributed by atoms with Gasteiger partial charge in [-0.25, -0.2) is 4.79 Å². The minimum Gasteiger partial charge on any atom is -0.548 e. The van der Waals surface area contributed by atoms with Gasteiger partial charge in [0.25, 0.3) is 0 Å². The molecule has 0 aliphatic rings. The van der Waals surface area contributed by atoms with Crippen molar-refractivity contribution in [1.29, 1.82) is 0 Å². The van der Waals surface area contributed by atoms with Crippen molar-refractivity contribution in [2.45, 2.75) is 31.5 Å². The number of aliphatic carboxylic acids is 1. The van der Waals surface area contributed by atoms with Crippen LogP contribution in [0.15, 0.2) is 36.5 Å². The van der Waals surface area contributed by atoms with Gasteiger partial charge in [0, 0.05) is 25.2 Å². The molecule has 11 heteroatoms. The summed E-state index contributed by atoms with van der Waals surface area (Å²) in [4.78, 5) is 23.5. The van der Waals surface area contributed by atoms with Crippen molar-refractivity contribution < 1.29 is 79.3 Å². The molecule has 1 aromatic heterocycles. The molecule has 0 aliphatic heterocycles. The van der Waals surface area contributed by atoms with Gasteiger partial charge in [0.05, 0.1) is 23.3 Å². The first-order chi connectivity index (χ1) is 12.9. The van der Waals surface area contributed by atoms with E-state index in [0.29, 0.717) is 11.8 Å². The van der Waals surface area contributed by atoms with Crippen molar-refractivity contribution in [3.05, 3.63) is 53.3 Å². The molecule has 0 spiro atoms. The normalized spacial score (nSPS) is 12.6. The molecular weight excluding hydrogens is 416 g/mol. The van der Waals surface area contributed by atoms with Crippen LogP contribution in [-0.2, 0) is 23.4 Å². The Kier molecular flexibility index (Phi) is 8.90. The number of carbonyl (C=O) groups excluding carboxylic acids is 2. The maximum atomic E-state index is 12.8. The van der Waals surface area contributed by atoms with Crippen LogP contribution in [0.1, 0.15) is 36.7 Å². The number of hydrogen-bond donors (Lipinski definition) is 2. The van der Waals surface area contributed by atoms with Crippen LogP contribution in [0.3, 0.4) is 0 Å². The Morgan fingerprint density at radius 3 is 2.41 bits per heavy atom. The van der Waals surface area contributed by atoms with Crippen molar-refractivity contribution in [2.75, 3.05) is 6.54 Å². The molecule has 1 unspecified atom stereocenters. The van der Waals surface area contributed by atoms with Gasteiger partial charge in [0.1, 0.15) is 0 Å². The molecule has 0 saturated carbocycles. The summed E-state index contributed by atoms with van der Waals surface area (Å²) in [6.45, 7) is 3.79. The zero-order valence-electron chi connectivity index (χ0n) is 16.5. The van der Waals surface area contributed by atoms with Crippen LogP contribution < -0.4 is 67.1 Å². The van der Waals surface area contributed by atoms with E-state index in [1.807, 2.05) is 13.8 Å². The van der Waals surface area contributed by atoms with E-state index >= 15 is 0 Å². The van der Waals surface area contributed by atoms with Crippen LogP contribution in [0.2, 0.25) is 0 Å². The number of carboxylic acid groups (broad SMARTS) is 1. The van der Waals surface area contributed by atoms with E-state index in [0.717, 1.165) is 12.1 Å². The summed E-state index contributed by atoms with van der Waals surface area (Å²) < 4.78 is 40.1. The fourth-order valence-electron chi connectivity index (χ4n) is 2.52. The summed E-state index contributed by atoms with van der Waals surface area (Å²) in [5, 5.41) is 20.3. The van der Waals surface area contributed by atoms with Crippen LogP contribution in [0.25, 0.3) is 0 Å². The minimum atomic E-state index is -4.64. The smallest absolute Gasteiger partial charge is 0.548 e. The first kappa shape index (κ1) is 25.6. The molecule has 152 valence electrons. The molecule has 1 heterocycles. The second kappa shape index (κ2) is 10.1. The number of urea groups is 1. The van der Waals surface area contributed by atoms with Gasteiger partial charge in [-0.2, -0.15) is 18.3 Å². The maximum Gasteiger partial charge on any atom is 1.00 e. The molecule has 1 atom stereocenters. The number of nitrogens with one attached hydrogen (secondary N) is 2. The second-order valence-electron chi connectivity index (χ2n) is 6.96. The third kappa shape index (κ3) is 7.10. The molecule has 29 heavy (non-hydrogen) atoms. The SMILES string of the molecule is Cn1ccc(C(C)(C)CNC(=O)NC(C(=O)[O-])c2cccc(C(F)(F)F)c2)n1.[K+]. The van der Waals surface area contributed by atoms with E-state index in [2.05, 4.69) is 15.7 Å². The standard InChI is InChI=1S/C18H21F3N4O3.K/c1-17(2,13-7-8-25(3)24-13)10-22-16(28)23-14(15(26)27)11-5-4-6-12(9-11)18(19,20)21;/h4-9,14H,10H2,1-3H3,(H,26,27)(H2,22,23,28);/q;+1/p-1. The number of amides is 2. The van der Waals surface area contributed by atoms with Gasteiger partial charge in [-0.1, -0.05) is 26.0 Å². The number of hydrogen-bond acceptors (Lipinski definition) is 4. The molecule has 0 fully saturated rings. The average Bonchev–Trinajstić information content (AvgIpc) is 3.04. The van der Waals surface area contributed by atoms with Crippen LogP contribution in [0.5, 0.6) is 0 Å². The van der Waals surface area contributed by atoms with E-state index in [9.17, 15) is 27.9 Å². The Morgan fingerprint density at radius 1 is 1.24 bits per heavy atom. The number of nitrogens with zero attached hydrogens (tertiary/aromatic N) is 2. The van der Waals surface area contributed by atoms with E-state index in [1.54, 1.807) is 24.0 Å². The minimum absolute atomic E-state index is 0. The van der Waals surface area contributed by atoms with Gasteiger partial charge in [0.15, 0.2) is 0 Å². The molecule has 0 saturated heterocycles. The fraction of sp³-hybridized carbons (Fsp3) is 0.389. The summed E-state index contributed by atoms with van der Waals surface area (Å²) in [5.74, 6) is -1.72. The monoisotopic (exact) mass is 436 g/mol. The molecule has 2 aromatic rings. The van der Waals surface area contributed by atoms with Gasteiger partial charge < -0.3 is 20.5 Å². The van der Waals surface area contributed by atoms with E-state index in [-0.39, 0.29) is 63.5 Å². The fourth-order valence-corrected chi connectivity index (χ4v) is 2.52. The number of aromatic nitrogens is 2. The Labute approximate surface area is 208 Å². The van der Waals surface area contributed by atoms with E-state index < -0.39 is 35.2 Å². The molecular formula is C18H20F3KN4O3. The summed E-state index contributed by atoms with van der Waals surface area (Å²) in [6.07, 6.45) is -2.89. The summed E-state index contributed by atoms with van der Waals surface area (Å²) in [6, 6.07) is 2.91. The third-order valence-corrected chi connectivity index (χ3v) is 4.16. The van der Waals surface area contributed by atoms with Gasteiger partial charge >= 0.3 is 63.6 Å². The number of rotatable bonds is 6. The first-order valence-electron chi connectivity index (χ1n) is 8.32. The number of halogens is 3. The number of benzene rings is 1. The van der Waals surface area contributed by atoms with Crippen LogP contribution >= 0.6 is 0 Å². The summed E-state index contributed by atoms with van der Waals surface area (Å²) in [7, 11) is 1.75. The topological polar surface area (TPSA) is 99.1 Å². The predicted octanol–water partition coefficient (Wildman–Crippen LogP) is -1.49.